The Kier molecular flexibility index (Phi) is 8.00. The second kappa shape index (κ2) is 9.53. The zero-order chi connectivity index (χ0) is 19.3. The van der Waals surface area contributed by atoms with Crippen LogP contribution in [0.2, 0.25) is 0 Å². The number of benzene rings is 2. The van der Waals surface area contributed by atoms with E-state index in [0.29, 0.717) is 11.3 Å². The van der Waals surface area contributed by atoms with Gasteiger partial charge in [-0.1, -0.05) is 51.1 Å². The van der Waals surface area contributed by atoms with Gasteiger partial charge in [0.2, 0.25) is 5.91 Å². The minimum atomic E-state index is -0.592. The number of hydrogen-bond acceptors (Lipinski definition) is 3. The Labute approximate surface area is 167 Å². The Bertz CT molecular complexity index is 772. The number of carbonyl (C=O) groups excluding carboxylic acids is 2. The SMILES string of the molecule is CC(NC(=O)[C@@H](N)C(C)(C)C)c1cccc(NC(=O)c2ccccc2)c1.Cl. The highest BCUT2D eigenvalue weighted by Crippen LogP contribution is 2.21. The number of carbonyl (C=O) groups is 2. The van der Waals surface area contributed by atoms with Crippen molar-refractivity contribution >= 4 is 29.9 Å². The van der Waals surface area contributed by atoms with Gasteiger partial charge in [-0.3, -0.25) is 9.59 Å². The molecule has 0 saturated carbocycles. The first-order chi connectivity index (χ1) is 12.2. The Morgan fingerprint density at radius 1 is 1.00 bits per heavy atom. The smallest absolute Gasteiger partial charge is 0.255 e. The van der Waals surface area contributed by atoms with Crippen molar-refractivity contribution in [1.29, 1.82) is 0 Å². The van der Waals surface area contributed by atoms with Crippen molar-refractivity contribution in [1.82, 2.24) is 5.32 Å². The molecule has 6 heteroatoms. The molecule has 0 fully saturated rings. The average molecular weight is 390 g/mol. The van der Waals surface area contributed by atoms with E-state index < -0.39 is 6.04 Å². The summed E-state index contributed by atoms with van der Waals surface area (Å²) >= 11 is 0. The molecule has 2 amide bonds. The van der Waals surface area contributed by atoms with E-state index in [1.165, 1.54) is 0 Å². The predicted octanol–water partition coefficient (Wildman–Crippen LogP) is 3.91. The molecule has 2 aromatic carbocycles. The highest BCUT2D eigenvalue weighted by atomic mass is 35.5. The molecule has 0 saturated heterocycles. The summed E-state index contributed by atoms with van der Waals surface area (Å²) in [5.74, 6) is -0.363. The molecule has 0 radical (unpaired) electrons. The van der Waals surface area contributed by atoms with E-state index in [9.17, 15) is 9.59 Å². The molecule has 0 aliphatic heterocycles. The van der Waals surface area contributed by atoms with Crippen LogP contribution >= 0.6 is 12.4 Å². The molecule has 0 bridgehead atoms. The summed E-state index contributed by atoms with van der Waals surface area (Å²) in [5, 5.41) is 5.82. The van der Waals surface area contributed by atoms with Crippen molar-refractivity contribution < 1.29 is 9.59 Å². The van der Waals surface area contributed by atoms with Gasteiger partial charge in [0.15, 0.2) is 0 Å². The van der Waals surface area contributed by atoms with Crippen LogP contribution in [0.4, 0.5) is 5.69 Å². The monoisotopic (exact) mass is 389 g/mol. The van der Waals surface area contributed by atoms with Crippen LogP contribution in [0.1, 0.15) is 49.7 Å². The summed E-state index contributed by atoms with van der Waals surface area (Å²) in [6, 6.07) is 15.6. The molecule has 0 heterocycles. The lowest BCUT2D eigenvalue weighted by molar-refractivity contribution is -0.125. The van der Waals surface area contributed by atoms with Crippen LogP contribution in [0.25, 0.3) is 0 Å². The molecule has 2 aromatic rings. The van der Waals surface area contributed by atoms with Gasteiger partial charge in [-0.15, -0.1) is 12.4 Å². The van der Waals surface area contributed by atoms with Crippen molar-refractivity contribution in [3.63, 3.8) is 0 Å². The lowest BCUT2D eigenvalue weighted by atomic mass is 9.86. The van der Waals surface area contributed by atoms with Crippen molar-refractivity contribution in [3.05, 3.63) is 65.7 Å². The number of hydrogen-bond donors (Lipinski definition) is 3. The molecule has 0 aliphatic rings. The minimum Gasteiger partial charge on any atom is -0.348 e. The quantitative estimate of drug-likeness (QED) is 0.724. The fourth-order valence-electron chi connectivity index (χ4n) is 2.46. The average Bonchev–Trinajstić information content (AvgIpc) is 2.61. The van der Waals surface area contributed by atoms with E-state index in [1.54, 1.807) is 12.1 Å². The summed E-state index contributed by atoms with van der Waals surface area (Å²) < 4.78 is 0. The van der Waals surface area contributed by atoms with Gasteiger partial charge >= 0.3 is 0 Å². The van der Waals surface area contributed by atoms with E-state index >= 15 is 0 Å². The van der Waals surface area contributed by atoms with Gasteiger partial charge in [-0.05, 0) is 42.2 Å². The first kappa shape index (κ1) is 22.7. The Hall–Kier alpha value is -2.37. The molecular weight excluding hydrogens is 362 g/mol. The van der Waals surface area contributed by atoms with Crippen LogP contribution in [0.3, 0.4) is 0 Å². The van der Waals surface area contributed by atoms with E-state index in [0.717, 1.165) is 5.56 Å². The predicted molar refractivity (Wildman–Crippen MR) is 112 cm³/mol. The van der Waals surface area contributed by atoms with Gasteiger partial charge in [0.1, 0.15) is 0 Å². The molecular formula is C21H28ClN3O2. The molecule has 4 N–H and O–H groups in total. The van der Waals surface area contributed by atoms with Crippen LogP contribution in [-0.2, 0) is 4.79 Å². The van der Waals surface area contributed by atoms with Gasteiger partial charge in [0.25, 0.3) is 5.91 Å². The van der Waals surface area contributed by atoms with Gasteiger partial charge in [0.05, 0.1) is 12.1 Å². The number of nitrogens with two attached hydrogens (primary N) is 1. The highest BCUT2D eigenvalue weighted by molar-refractivity contribution is 6.04. The third-order valence-corrected chi connectivity index (χ3v) is 4.25. The summed E-state index contributed by atoms with van der Waals surface area (Å²) in [6.07, 6.45) is 0. The van der Waals surface area contributed by atoms with E-state index in [1.807, 2.05) is 70.2 Å². The summed E-state index contributed by atoms with van der Waals surface area (Å²) in [5.41, 5.74) is 7.87. The first-order valence-corrected chi connectivity index (χ1v) is 8.71. The minimum absolute atomic E-state index is 0. The summed E-state index contributed by atoms with van der Waals surface area (Å²) in [7, 11) is 0. The number of nitrogens with one attached hydrogen (secondary N) is 2. The molecule has 0 spiro atoms. The highest BCUT2D eigenvalue weighted by Gasteiger charge is 2.28. The van der Waals surface area contributed by atoms with Gasteiger partial charge in [-0.2, -0.15) is 0 Å². The molecule has 2 rings (SSSR count). The van der Waals surface area contributed by atoms with Crippen molar-refractivity contribution in [2.75, 3.05) is 5.32 Å². The third-order valence-electron chi connectivity index (χ3n) is 4.25. The maximum absolute atomic E-state index is 12.3. The van der Waals surface area contributed by atoms with Crippen LogP contribution in [0.5, 0.6) is 0 Å². The largest absolute Gasteiger partial charge is 0.348 e. The molecule has 1 unspecified atom stereocenters. The fourth-order valence-corrected chi connectivity index (χ4v) is 2.46. The van der Waals surface area contributed by atoms with E-state index in [-0.39, 0.29) is 35.7 Å². The van der Waals surface area contributed by atoms with Crippen LogP contribution in [0.15, 0.2) is 54.6 Å². The topological polar surface area (TPSA) is 84.2 Å². The first-order valence-electron chi connectivity index (χ1n) is 8.71. The zero-order valence-electron chi connectivity index (χ0n) is 16.2. The number of rotatable bonds is 5. The van der Waals surface area contributed by atoms with E-state index in [4.69, 9.17) is 5.73 Å². The molecule has 0 aromatic heterocycles. The zero-order valence-corrected chi connectivity index (χ0v) is 17.0. The van der Waals surface area contributed by atoms with Crippen molar-refractivity contribution in [2.24, 2.45) is 11.1 Å². The Balaban J connectivity index is 0.00000364. The lowest BCUT2D eigenvalue weighted by Crippen LogP contribution is -2.49. The second-order valence-electron chi connectivity index (χ2n) is 7.52. The molecule has 5 nitrogen and oxygen atoms in total. The summed E-state index contributed by atoms with van der Waals surface area (Å²) in [4.78, 5) is 24.6. The number of halogens is 1. The standard InChI is InChI=1S/C21H27N3O2.ClH/c1-14(23-20(26)18(22)21(2,3)4)16-11-8-12-17(13-16)24-19(25)15-9-6-5-7-10-15;/h5-14,18H,22H2,1-4H3,(H,23,26)(H,24,25);1H/t14?,18-;/m1./s1. The third kappa shape index (κ3) is 6.38. The van der Waals surface area contributed by atoms with Gasteiger partial charge in [0, 0.05) is 11.3 Å². The van der Waals surface area contributed by atoms with Crippen molar-refractivity contribution in [2.45, 2.75) is 39.8 Å². The Morgan fingerprint density at radius 2 is 1.63 bits per heavy atom. The fraction of sp³-hybridized carbons (Fsp3) is 0.333. The lowest BCUT2D eigenvalue weighted by Gasteiger charge is -2.27. The number of anilines is 1. The van der Waals surface area contributed by atoms with Crippen LogP contribution < -0.4 is 16.4 Å². The molecule has 27 heavy (non-hydrogen) atoms. The molecule has 146 valence electrons. The van der Waals surface area contributed by atoms with Crippen LogP contribution in [0, 0.1) is 5.41 Å². The maximum Gasteiger partial charge on any atom is 0.255 e. The second-order valence-corrected chi connectivity index (χ2v) is 7.52. The number of amides is 2. The van der Waals surface area contributed by atoms with Crippen LogP contribution in [-0.4, -0.2) is 17.9 Å². The van der Waals surface area contributed by atoms with Crippen molar-refractivity contribution in [3.8, 4) is 0 Å². The summed E-state index contributed by atoms with van der Waals surface area (Å²) in [6.45, 7) is 7.69. The normalized spacial score (nSPS) is 13.1. The molecule has 2 atom stereocenters. The Morgan fingerprint density at radius 3 is 2.22 bits per heavy atom. The molecule has 0 aliphatic carbocycles. The van der Waals surface area contributed by atoms with E-state index in [2.05, 4.69) is 10.6 Å². The van der Waals surface area contributed by atoms with Gasteiger partial charge in [-0.25, -0.2) is 0 Å². The van der Waals surface area contributed by atoms with Gasteiger partial charge < -0.3 is 16.4 Å². The maximum atomic E-state index is 12.3.